The predicted molar refractivity (Wildman–Crippen MR) is 79.6 cm³/mol. The number of benzene rings is 1. The molecule has 20 heavy (non-hydrogen) atoms. The Morgan fingerprint density at radius 2 is 2.05 bits per heavy atom. The highest BCUT2D eigenvalue weighted by Crippen LogP contribution is 2.36. The normalized spacial score (nSPS) is 10.3. The van der Waals surface area contributed by atoms with Crippen LogP contribution in [0, 0.1) is 0 Å². The largest absolute Gasteiger partial charge is 0.493 e. The van der Waals surface area contributed by atoms with Crippen molar-refractivity contribution < 1.29 is 9.47 Å². The molecule has 1 heterocycles. The lowest BCUT2D eigenvalue weighted by Crippen LogP contribution is -2.14. The second kappa shape index (κ2) is 7.14. The molecule has 2 aromatic rings. The molecule has 0 saturated carbocycles. The average molecular weight is 341 g/mol. The summed E-state index contributed by atoms with van der Waals surface area (Å²) >= 11 is 3.55. The van der Waals surface area contributed by atoms with E-state index in [1.807, 2.05) is 12.1 Å². The fourth-order valence-corrected chi connectivity index (χ4v) is 2.18. The lowest BCUT2D eigenvalue weighted by atomic mass is 10.2. The SMILES string of the molecule is CCCOc1c(OC)ccc(Br)c1CNn1cnnc1. The number of halogens is 1. The molecule has 1 N–H and O–H groups in total. The number of methoxy groups -OCH3 is 1. The van der Waals surface area contributed by atoms with E-state index in [0.717, 1.165) is 28.0 Å². The van der Waals surface area contributed by atoms with Gasteiger partial charge in [-0.3, -0.25) is 0 Å². The summed E-state index contributed by atoms with van der Waals surface area (Å²) in [6, 6.07) is 3.83. The van der Waals surface area contributed by atoms with Gasteiger partial charge in [0.2, 0.25) is 0 Å². The Kier molecular flexibility index (Phi) is 5.23. The van der Waals surface area contributed by atoms with Crippen molar-refractivity contribution >= 4 is 15.9 Å². The van der Waals surface area contributed by atoms with Crippen molar-refractivity contribution in [2.24, 2.45) is 0 Å². The molecule has 0 saturated heterocycles. The summed E-state index contributed by atoms with van der Waals surface area (Å²) in [6.45, 7) is 3.28. The molecule has 0 radical (unpaired) electrons. The molecule has 0 bridgehead atoms. The highest BCUT2D eigenvalue weighted by molar-refractivity contribution is 9.10. The van der Waals surface area contributed by atoms with Crippen LogP contribution in [-0.2, 0) is 6.54 Å². The lowest BCUT2D eigenvalue weighted by molar-refractivity contribution is 0.291. The second-order valence-electron chi connectivity index (χ2n) is 4.11. The Morgan fingerprint density at radius 1 is 1.30 bits per heavy atom. The molecule has 0 fully saturated rings. The standard InChI is InChI=1S/C13H17BrN4O2/c1-3-6-20-13-10(7-17-18-8-15-16-9-18)11(14)4-5-12(13)19-2/h4-5,8-9,17H,3,6-7H2,1-2H3. The van der Waals surface area contributed by atoms with Crippen LogP contribution in [0.2, 0.25) is 0 Å². The first-order valence-electron chi connectivity index (χ1n) is 6.33. The highest BCUT2D eigenvalue weighted by atomic mass is 79.9. The number of hydrogen-bond donors (Lipinski definition) is 1. The summed E-state index contributed by atoms with van der Waals surface area (Å²) in [4.78, 5) is 0. The van der Waals surface area contributed by atoms with E-state index in [0.29, 0.717) is 13.2 Å². The van der Waals surface area contributed by atoms with Crippen LogP contribution in [0.5, 0.6) is 11.5 Å². The molecular weight excluding hydrogens is 324 g/mol. The van der Waals surface area contributed by atoms with Crippen LogP contribution in [0.1, 0.15) is 18.9 Å². The number of ether oxygens (including phenoxy) is 2. The van der Waals surface area contributed by atoms with Crippen molar-refractivity contribution in [1.29, 1.82) is 0 Å². The zero-order valence-electron chi connectivity index (χ0n) is 11.5. The minimum atomic E-state index is 0.564. The molecule has 0 aliphatic heterocycles. The summed E-state index contributed by atoms with van der Waals surface area (Å²) in [7, 11) is 1.64. The van der Waals surface area contributed by atoms with Crippen LogP contribution < -0.4 is 14.9 Å². The van der Waals surface area contributed by atoms with E-state index in [9.17, 15) is 0 Å². The van der Waals surface area contributed by atoms with E-state index < -0.39 is 0 Å². The maximum absolute atomic E-state index is 5.82. The van der Waals surface area contributed by atoms with E-state index in [-0.39, 0.29) is 0 Å². The van der Waals surface area contributed by atoms with Gasteiger partial charge in [0.25, 0.3) is 0 Å². The minimum Gasteiger partial charge on any atom is -0.493 e. The third kappa shape index (κ3) is 3.41. The van der Waals surface area contributed by atoms with Crippen molar-refractivity contribution in [3.8, 4) is 11.5 Å². The van der Waals surface area contributed by atoms with E-state index in [1.165, 1.54) is 0 Å². The zero-order valence-corrected chi connectivity index (χ0v) is 13.1. The first kappa shape index (κ1) is 14.6. The molecule has 1 aromatic heterocycles. The van der Waals surface area contributed by atoms with Crippen LogP contribution in [0.3, 0.4) is 0 Å². The fourth-order valence-electron chi connectivity index (χ4n) is 1.72. The smallest absolute Gasteiger partial charge is 0.167 e. The highest BCUT2D eigenvalue weighted by Gasteiger charge is 2.14. The van der Waals surface area contributed by atoms with E-state index in [4.69, 9.17) is 9.47 Å². The topological polar surface area (TPSA) is 61.2 Å². The van der Waals surface area contributed by atoms with Crippen molar-refractivity contribution in [3.05, 3.63) is 34.8 Å². The number of rotatable bonds is 7. The number of aromatic nitrogens is 3. The van der Waals surface area contributed by atoms with Gasteiger partial charge in [0.15, 0.2) is 11.5 Å². The van der Waals surface area contributed by atoms with Crippen LogP contribution in [0.4, 0.5) is 0 Å². The van der Waals surface area contributed by atoms with Crippen molar-refractivity contribution in [2.45, 2.75) is 19.9 Å². The number of nitrogens with zero attached hydrogens (tertiary/aromatic N) is 3. The molecule has 0 unspecified atom stereocenters. The molecule has 2 rings (SSSR count). The van der Waals surface area contributed by atoms with E-state index in [2.05, 4.69) is 38.5 Å². The molecular formula is C13H17BrN4O2. The Bertz CT molecular complexity index is 546. The van der Waals surface area contributed by atoms with Gasteiger partial charge in [0, 0.05) is 10.0 Å². The summed E-state index contributed by atoms with van der Waals surface area (Å²) in [5, 5.41) is 7.49. The minimum absolute atomic E-state index is 0.564. The summed E-state index contributed by atoms with van der Waals surface area (Å²) in [5.74, 6) is 1.48. The average Bonchev–Trinajstić information content (AvgIpc) is 2.97. The Balaban J connectivity index is 2.23. The molecule has 0 amide bonds. The predicted octanol–water partition coefficient (Wildman–Crippen LogP) is 2.58. The first-order valence-corrected chi connectivity index (χ1v) is 7.12. The van der Waals surface area contributed by atoms with Gasteiger partial charge in [-0.15, -0.1) is 10.2 Å². The van der Waals surface area contributed by atoms with Crippen LogP contribution in [0.25, 0.3) is 0 Å². The fraction of sp³-hybridized carbons (Fsp3) is 0.385. The van der Waals surface area contributed by atoms with Crippen molar-refractivity contribution in [1.82, 2.24) is 14.9 Å². The third-order valence-corrected chi connectivity index (χ3v) is 3.44. The molecule has 0 aliphatic carbocycles. The van der Waals surface area contributed by atoms with Crippen LogP contribution >= 0.6 is 15.9 Å². The van der Waals surface area contributed by atoms with Gasteiger partial charge in [-0.25, -0.2) is 4.68 Å². The van der Waals surface area contributed by atoms with Crippen LogP contribution in [-0.4, -0.2) is 28.6 Å². The van der Waals surface area contributed by atoms with Gasteiger partial charge in [0.1, 0.15) is 12.7 Å². The zero-order chi connectivity index (χ0) is 14.4. The summed E-state index contributed by atoms with van der Waals surface area (Å²) in [5.41, 5.74) is 4.17. The molecule has 7 heteroatoms. The second-order valence-corrected chi connectivity index (χ2v) is 4.96. The molecule has 108 valence electrons. The molecule has 6 nitrogen and oxygen atoms in total. The lowest BCUT2D eigenvalue weighted by Gasteiger charge is -2.17. The van der Waals surface area contributed by atoms with Gasteiger partial charge in [-0.2, -0.15) is 0 Å². The number of hydrogen-bond acceptors (Lipinski definition) is 5. The van der Waals surface area contributed by atoms with E-state index >= 15 is 0 Å². The van der Waals surface area contributed by atoms with Crippen LogP contribution in [0.15, 0.2) is 29.3 Å². The van der Waals surface area contributed by atoms with Gasteiger partial charge < -0.3 is 14.9 Å². The summed E-state index contributed by atoms with van der Waals surface area (Å²) in [6.07, 6.45) is 4.13. The maximum atomic E-state index is 5.82. The quantitative estimate of drug-likeness (QED) is 0.839. The Labute approximate surface area is 126 Å². The van der Waals surface area contributed by atoms with Crippen molar-refractivity contribution in [2.75, 3.05) is 19.1 Å². The van der Waals surface area contributed by atoms with Gasteiger partial charge in [0.05, 0.1) is 20.3 Å². The summed E-state index contributed by atoms with van der Waals surface area (Å²) < 4.78 is 13.8. The Morgan fingerprint density at radius 3 is 2.70 bits per heavy atom. The molecule has 1 aromatic carbocycles. The van der Waals surface area contributed by atoms with Gasteiger partial charge in [-0.05, 0) is 18.6 Å². The van der Waals surface area contributed by atoms with Gasteiger partial charge >= 0.3 is 0 Å². The van der Waals surface area contributed by atoms with Gasteiger partial charge in [-0.1, -0.05) is 22.9 Å². The maximum Gasteiger partial charge on any atom is 0.167 e. The molecule has 0 aliphatic rings. The first-order chi connectivity index (χ1) is 9.76. The third-order valence-electron chi connectivity index (χ3n) is 2.69. The molecule has 0 atom stereocenters. The van der Waals surface area contributed by atoms with E-state index in [1.54, 1.807) is 24.4 Å². The van der Waals surface area contributed by atoms with Crippen molar-refractivity contribution in [3.63, 3.8) is 0 Å². The molecule has 0 spiro atoms. The monoisotopic (exact) mass is 340 g/mol. The number of nitrogens with one attached hydrogen (secondary N) is 1. The Hall–Kier alpha value is -1.76.